The normalized spacial score (nSPS) is 14.2. The summed E-state index contributed by atoms with van der Waals surface area (Å²) in [4.78, 5) is 33.6. The molecule has 0 fully saturated rings. The molecule has 0 aromatic carbocycles. The van der Waals surface area contributed by atoms with Crippen LogP contribution in [0.1, 0.15) is 27.7 Å². The lowest BCUT2D eigenvalue weighted by Gasteiger charge is -2.24. The lowest BCUT2D eigenvalue weighted by atomic mass is 10.2. The molecule has 0 aromatic heterocycles. The lowest BCUT2D eigenvalue weighted by molar-refractivity contribution is -0.157. The molecule has 2 amide bonds. The third kappa shape index (κ3) is 8.76. The number of rotatable bonds is 7. The molecular formula is C12H22N2O5S. The number of nitrogens with two attached hydrogens (primary N) is 1. The fourth-order valence-corrected chi connectivity index (χ4v) is 2.15. The second-order valence-corrected chi connectivity index (χ2v) is 6.32. The van der Waals surface area contributed by atoms with Crippen molar-refractivity contribution in [2.24, 2.45) is 5.73 Å². The van der Waals surface area contributed by atoms with Gasteiger partial charge in [0.2, 0.25) is 11.8 Å². The average molecular weight is 306 g/mol. The van der Waals surface area contributed by atoms with E-state index in [2.05, 4.69) is 5.32 Å². The highest BCUT2D eigenvalue weighted by atomic mass is 32.2. The first kappa shape index (κ1) is 18.7. The number of aliphatic hydroxyl groups excluding tert-OH is 1. The van der Waals surface area contributed by atoms with Crippen LogP contribution in [-0.2, 0) is 19.1 Å². The number of nitrogens with one attached hydrogen (secondary N) is 1. The second kappa shape index (κ2) is 8.11. The highest BCUT2D eigenvalue weighted by Gasteiger charge is 2.26. The molecule has 20 heavy (non-hydrogen) atoms. The van der Waals surface area contributed by atoms with Crippen LogP contribution in [0.3, 0.4) is 0 Å². The molecule has 0 aromatic rings. The first-order chi connectivity index (χ1) is 9.03. The number of ether oxygens (including phenoxy) is 1. The van der Waals surface area contributed by atoms with Gasteiger partial charge in [-0.05, 0) is 20.8 Å². The highest BCUT2D eigenvalue weighted by molar-refractivity contribution is 7.99. The topological polar surface area (TPSA) is 119 Å². The first-order valence-electron chi connectivity index (χ1n) is 6.08. The molecule has 0 heterocycles. The summed E-state index contributed by atoms with van der Waals surface area (Å²) in [6.07, 6.45) is -1.28. The van der Waals surface area contributed by atoms with E-state index in [-0.39, 0.29) is 17.4 Å². The van der Waals surface area contributed by atoms with Gasteiger partial charge in [-0.25, -0.2) is 4.79 Å². The van der Waals surface area contributed by atoms with Crippen molar-refractivity contribution in [3.8, 4) is 0 Å². The van der Waals surface area contributed by atoms with E-state index in [1.165, 1.54) is 6.92 Å². The standard InChI is InChI=1S/C12H22N2O5S/c1-7(15)14-8(11(18)19-12(2,3)4)5-20-6-9(16)10(13)17/h8-9,16H,5-6H2,1-4H3,(H2,13,17)(H,14,15)/t8-,9+/m1/s1. The maximum Gasteiger partial charge on any atom is 0.330 e. The quantitative estimate of drug-likeness (QED) is 0.541. The van der Waals surface area contributed by atoms with E-state index in [0.29, 0.717) is 0 Å². The molecular weight excluding hydrogens is 284 g/mol. The van der Waals surface area contributed by atoms with Crippen LogP contribution in [-0.4, -0.2) is 52.1 Å². The minimum atomic E-state index is -1.28. The zero-order chi connectivity index (χ0) is 15.9. The maximum atomic E-state index is 11.9. The van der Waals surface area contributed by atoms with Gasteiger partial charge in [0.05, 0.1) is 0 Å². The number of primary amides is 1. The van der Waals surface area contributed by atoms with Crippen molar-refractivity contribution in [3.05, 3.63) is 0 Å². The Morgan fingerprint density at radius 3 is 2.25 bits per heavy atom. The fraction of sp³-hybridized carbons (Fsp3) is 0.750. The molecule has 8 heteroatoms. The van der Waals surface area contributed by atoms with Crippen molar-refractivity contribution in [1.29, 1.82) is 0 Å². The highest BCUT2D eigenvalue weighted by Crippen LogP contribution is 2.12. The van der Waals surface area contributed by atoms with Gasteiger partial charge in [0.1, 0.15) is 17.7 Å². The molecule has 2 atom stereocenters. The smallest absolute Gasteiger partial charge is 0.330 e. The van der Waals surface area contributed by atoms with Gasteiger partial charge in [-0.1, -0.05) is 0 Å². The molecule has 0 saturated carbocycles. The van der Waals surface area contributed by atoms with Crippen molar-refractivity contribution in [3.63, 3.8) is 0 Å². The van der Waals surface area contributed by atoms with Crippen LogP contribution in [0.25, 0.3) is 0 Å². The number of thioether (sulfide) groups is 1. The van der Waals surface area contributed by atoms with E-state index in [0.717, 1.165) is 11.8 Å². The second-order valence-electron chi connectivity index (χ2n) is 5.24. The molecule has 0 aliphatic heterocycles. The molecule has 4 N–H and O–H groups in total. The number of hydrogen-bond acceptors (Lipinski definition) is 6. The molecule has 0 radical (unpaired) electrons. The van der Waals surface area contributed by atoms with Crippen LogP contribution in [0.2, 0.25) is 0 Å². The van der Waals surface area contributed by atoms with Crippen molar-refractivity contribution in [2.75, 3.05) is 11.5 Å². The lowest BCUT2D eigenvalue weighted by Crippen LogP contribution is -2.45. The van der Waals surface area contributed by atoms with E-state index in [1.807, 2.05) is 0 Å². The van der Waals surface area contributed by atoms with Crippen molar-refractivity contribution in [2.45, 2.75) is 45.4 Å². The largest absolute Gasteiger partial charge is 0.458 e. The van der Waals surface area contributed by atoms with E-state index in [4.69, 9.17) is 10.5 Å². The van der Waals surface area contributed by atoms with Crippen LogP contribution in [0.5, 0.6) is 0 Å². The SMILES string of the molecule is CC(=O)N[C@H](CSC[C@H](O)C(N)=O)C(=O)OC(C)(C)C. The minimum absolute atomic E-state index is 0.0498. The number of carbonyl (C=O) groups excluding carboxylic acids is 3. The zero-order valence-electron chi connectivity index (χ0n) is 12.1. The molecule has 0 bridgehead atoms. The van der Waals surface area contributed by atoms with E-state index < -0.39 is 29.6 Å². The van der Waals surface area contributed by atoms with Crippen LogP contribution in [0.15, 0.2) is 0 Å². The van der Waals surface area contributed by atoms with E-state index in [9.17, 15) is 19.5 Å². The van der Waals surface area contributed by atoms with Gasteiger partial charge in [0.25, 0.3) is 0 Å². The predicted molar refractivity (Wildman–Crippen MR) is 76.0 cm³/mol. The van der Waals surface area contributed by atoms with Crippen molar-refractivity contribution in [1.82, 2.24) is 5.32 Å². The summed E-state index contributed by atoms with van der Waals surface area (Å²) < 4.78 is 5.18. The summed E-state index contributed by atoms with van der Waals surface area (Å²) in [6, 6.07) is -0.836. The minimum Gasteiger partial charge on any atom is -0.458 e. The predicted octanol–water partition coefficient (Wildman–Crippen LogP) is -0.588. The van der Waals surface area contributed by atoms with Crippen molar-refractivity contribution < 1.29 is 24.2 Å². The maximum absolute atomic E-state index is 11.9. The third-order valence-corrected chi connectivity index (χ3v) is 3.08. The van der Waals surface area contributed by atoms with Gasteiger partial charge < -0.3 is 20.9 Å². The summed E-state index contributed by atoms with van der Waals surface area (Å²) in [5.74, 6) is -1.52. The Balaban J connectivity index is 4.46. The molecule has 116 valence electrons. The van der Waals surface area contributed by atoms with Gasteiger partial charge in [-0.2, -0.15) is 11.8 Å². The summed E-state index contributed by atoms with van der Waals surface area (Å²) in [5.41, 5.74) is 4.25. The monoisotopic (exact) mass is 306 g/mol. The van der Waals surface area contributed by atoms with Gasteiger partial charge in [0, 0.05) is 18.4 Å². The van der Waals surface area contributed by atoms with Crippen LogP contribution >= 0.6 is 11.8 Å². The molecule has 0 spiro atoms. The molecule has 0 aliphatic rings. The molecule has 0 unspecified atom stereocenters. The van der Waals surface area contributed by atoms with Crippen molar-refractivity contribution >= 4 is 29.5 Å². The van der Waals surface area contributed by atoms with Gasteiger partial charge in [0.15, 0.2) is 0 Å². The van der Waals surface area contributed by atoms with Gasteiger partial charge in [-0.3, -0.25) is 9.59 Å². The molecule has 7 nitrogen and oxygen atoms in total. The van der Waals surface area contributed by atoms with Crippen LogP contribution < -0.4 is 11.1 Å². The van der Waals surface area contributed by atoms with Gasteiger partial charge >= 0.3 is 5.97 Å². The summed E-state index contributed by atoms with van der Waals surface area (Å²) in [7, 11) is 0. The Morgan fingerprint density at radius 1 is 1.30 bits per heavy atom. The fourth-order valence-electron chi connectivity index (χ4n) is 1.17. The Hall–Kier alpha value is -1.28. The van der Waals surface area contributed by atoms with E-state index >= 15 is 0 Å². The average Bonchev–Trinajstić information content (AvgIpc) is 2.24. The zero-order valence-corrected chi connectivity index (χ0v) is 13.0. The Labute approximate surface area is 122 Å². The number of esters is 1. The Kier molecular flexibility index (Phi) is 7.59. The Morgan fingerprint density at radius 2 is 1.85 bits per heavy atom. The number of amides is 2. The van der Waals surface area contributed by atoms with Crippen LogP contribution in [0.4, 0.5) is 0 Å². The third-order valence-electron chi connectivity index (χ3n) is 1.96. The summed E-state index contributed by atoms with van der Waals surface area (Å²) in [6.45, 7) is 6.46. The van der Waals surface area contributed by atoms with Gasteiger partial charge in [-0.15, -0.1) is 0 Å². The summed E-state index contributed by atoms with van der Waals surface area (Å²) >= 11 is 1.13. The number of hydrogen-bond donors (Lipinski definition) is 3. The summed E-state index contributed by atoms with van der Waals surface area (Å²) in [5, 5.41) is 11.7. The Bertz CT molecular complexity index is 367. The number of carbonyl (C=O) groups is 3. The molecule has 0 saturated heterocycles. The first-order valence-corrected chi connectivity index (χ1v) is 7.23. The molecule has 0 rings (SSSR count). The van der Waals surface area contributed by atoms with Crippen LogP contribution in [0, 0.1) is 0 Å². The van der Waals surface area contributed by atoms with E-state index in [1.54, 1.807) is 20.8 Å². The molecule has 0 aliphatic carbocycles. The number of aliphatic hydroxyl groups is 1.